The summed E-state index contributed by atoms with van der Waals surface area (Å²) in [5.41, 5.74) is 0.339. The summed E-state index contributed by atoms with van der Waals surface area (Å²) >= 11 is 0. The van der Waals surface area contributed by atoms with Crippen LogP contribution in [-0.2, 0) is 4.79 Å². The number of likely N-dealkylation sites (N-methyl/N-ethyl adjacent to an activating group) is 1. The molecule has 1 aromatic heterocycles. The molecule has 2 N–H and O–H groups in total. The van der Waals surface area contributed by atoms with Gasteiger partial charge in [-0.25, -0.2) is 9.37 Å². The number of carbonyl (C=O) groups is 1. The minimum absolute atomic E-state index is 0.0323. The number of rotatable bonds is 4. The predicted molar refractivity (Wildman–Crippen MR) is 132 cm³/mol. The number of halogens is 1. The van der Waals surface area contributed by atoms with Gasteiger partial charge in [0.2, 0.25) is 5.95 Å². The molecule has 2 aliphatic heterocycles. The first-order chi connectivity index (χ1) is 15.7. The number of likely N-dealkylation sites (tertiary alicyclic amines) is 1. The highest BCUT2D eigenvalue weighted by atomic mass is 19.1. The van der Waals surface area contributed by atoms with Crippen molar-refractivity contribution in [1.29, 1.82) is 0 Å². The zero-order valence-corrected chi connectivity index (χ0v) is 21.3. The number of hydrogen-bond donors (Lipinski definition) is 2. The van der Waals surface area contributed by atoms with Crippen LogP contribution in [0.4, 0.5) is 27.5 Å². The Kier molecular flexibility index (Phi) is 5.75. The Balaban J connectivity index is 1.54. The van der Waals surface area contributed by atoms with Crippen molar-refractivity contribution in [2.24, 2.45) is 0 Å². The van der Waals surface area contributed by atoms with E-state index in [9.17, 15) is 9.18 Å². The Morgan fingerprint density at radius 1 is 1.09 bits per heavy atom. The Bertz CT molecular complexity index is 1100. The summed E-state index contributed by atoms with van der Waals surface area (Å²) in [5.74, 6) is 0.428. The first-order valence-electron chi connectivity index (χ1n) is 11.6. The number of fused-ring (bicyclic) bond motifs is 1. The van der Waals surface area contributed by atoms with Crippen molar-refractivity contribution in [3.63, 3.8) is 0 Å². The third-order valence-corrected chi connectivity index (χ3v) is 7.15. The maximum atomic E-state index is 14.6. The third-order valence-electron chi connectivity index (χ3n) is 7.15. The molecule has 0 unspecified atom stereocenters. The fourth-order valence-corrected chi connectivity index (χ4v) is 5.11. The second-order valence-corrected chi connectivity index (χ2v) is 11.1. The molecule has 184 valence electrons. The van der Waals surface area contributed by atoms with E-state index in [4.69, 9.17) is 4.74 Å². The van der Waals surface area contributed by atoms with Gasteiger partial charge in [-0.15, -0.1) is 0 Å². The fourth-order valence-electron chi connectivity index (χ4n) is 5.11. The van der Waals surface area contributed by atoms with Crippen LogP contribution < -0.4 is 20.3 Å². The van der Waals surface area contributed by atoms with Gasteiger partial charge in [0.05, 0.1) is 11.9 Å². The zero-order valence-electron chi connectivity index (χ0n) is 21.3. The molecule has 0 aliphatic carbocycles. The molecule has 1 fully saturated rings. The zero-order chi connectivity index (χ0) is 25.1. The SMILES string of the molecule is CN1C(=O)C(C)(C)Oc2cc(Nc3ncc(F)c(NC4CC(C)(C)N(C)C(C)(C)C4)n3)ccc21. The van der Waals surface area contributed by atoms with Crippen molar-refractivity contribution in [3.8, 4) is 5.75 Å². The number of amides is 1. The Morgan fingerprint density at radius 2 is 1.74 bits per heavy atom. The van der Waals surface area contributed by atoms with E-state index in [2.05, 4.69) is 60.2 Å². The van der Waals surface area contributed by atoms with E-state index < -0.39 is 11.4 Å². The number of hydrogen-bond acceptors (Lipinski definition) is 7. The number of nitrogens with zero attached hydrogens (tertiary/aromatic N) is 4. The lowest BCUT2D eigenvalue weighted by Gasteiger charge is -2.53. The first kappa shape index (κ1) is 24.2. The van der Waals surface area contributed by atoms with Crippen LogP contribution in [0.5, 0.6) is 5.75 Å². The molecular weight excluding hydrogens is 435 g/mol. The molecule has 4 rings (SSSR count). The molecule has 2 aliphatic rings. The predicted octanol–water partition coefficient (Wildman–Crippen LogP) is 4.56. The molecule has 1 amide bonds. The van der Waals surface area contributed by atoms with Crippen molar-refractivity contribution in [1.82, 2.24) is 14.9 Å². The molecule has 2 aromatic rings. The van der Waals surface area contributed by atoms with E-state index in [1.807, 2.05) is 6.07 Å². The van der Waals surface area contributed by atoms with Gasteiger partial charge in [-0.05, 0) is 73.6 Å². The van der Waals surface area contributed by atoms with Gasteiger partial charge in [0.1, 0.15) is 5.75 Å². The standard InChI is InChI=1S/C25H35FN6O2/c1-23(2)12-16(13-24(3,4)32(23)8)28-20-17(26)14-27-22(30-20)29-15-9-10-18-19(11-15)34-25(5,6)21(33)31(18)7/h9-11,14,16H,12-13H2,1-8H3,(H2,27,28,29,30). The second-order valence-electron chi connectivity index (χ2n) is 11.1. The van der Waals surface area contributed by atoms with Gasteiger partial charge in [-0.3, -0.25) is 9.69 Å². The van der Waals surface area contributed by atoms with Crippen LogP contribution in [0, 0.1) is 5.82 Å². The molecule has 1 saturated heterocycles. The van der Waals surface area contributed by atoms with Crippen LogP contribution in [0.3, 0.4) is 0 Å². The van der Waals surface area contributed by atoms with Gasteiger partial charge in [0.15, 0.2) is 17.2 Å². The summed E-state index contributed by atoms with van der Waals surface area (Å²) in [5, 5.41) is 6.45. The molecule has 0 radical (unpaired) electrons. The minimum atomic E-state index is -0.959. The maximum Gasteiger partial charge on any atom is 0.270 e. The van der Waals surface area contributed by atoms with Crippen LogP contribution in [0.1, 0.15) is 54.4 Å². The van der Waals surface area contributed by atoms with Crippen molar-refractivity contribution in [2.45, 2.75) is 77.1 Å². The largest absolute Gasteiger partial charge is 0.476 e. The Morgan fingerprint density at radius 3 is 2.38 bits per heavy atom. The van der Waals surface area contributed by atoms with E-state index in [1.54, 1.807) is 37.9 Å². The van der Waals surface area contributed by atoms with E-state index in [0.717, 1.165) is 12.8 Å². The van der Waals surface area contributed by atoms with E-state index in [0.29, 0.717) is 17.1 Å². The third kappa shape index (κ3) is 4.41. The number of carbonyl (C=O) groups excluding carboxylic acids is 1. The fraction of sp³-hybridized carbons (Fsp3) is 0.560. The van der Waals surface area contributed by atoms with Crippen molar-refractivity contribution >= 4 is 29.0 Å². The normalized spacial score (nSPS) is 21.6. The van der Waals surface area contributed by atoms with Gasteiger partial charge in [0.25, 0.3) is 5.91 Å². The number of anilines is 4. The molecule has 8 nitrogen and oxygen atoms in total. The van der Waals surface area contributed by atoms with Gasteiger partial charge < -0.3 is 20.3 Å². The molecule has 0 bridgehead atoms. The van der Waals surface area contributed by atoms with Gasteiger partial charge >= 0.3 is 0 Å². The van der Waals surface area contributed by atoms with Crippen molar-refractivity contribution < 1.29 is 13.9 Å². The van der Waals surface area contributed by atoms with Crippen LogP contribution in [0.25, 0.3) is 0 Å². The van der Waals surface area contributed by atoms with Crippen LogP contribution in [0.15, 0.2) is 24.4 Å². The lowest BCUT2D eigenvalue weighted by molar-refractivity contribution is -0.132. The summed E-state index contributed by atoms with van der Waals surface area (Å²) in [6, 6.07) is 5.48. The Labute approximate surface area is 200 Å². The van der Waals surface area contributed by atoms with Crippen molar-refractivity contribution in [2.75, 3.05) is 29.6 Å². The van der Waals surface area contributed by atoms with Crippen LogP contribution in [0.2, 0.25) is 0 Å². The highest BCUT2D eigenvalue weighted by molar-refractivity contribution is 6.02. The lowest BCUT2D eigenvalue weighted by Crippen LogP contribution is -2.61. The first-order valence-corrected chi connectivity index (χ1v) is 11.6. The smallest absolute Gasteiger partial charge is 0.270 e. The number of benzene rings is 1. The summed E-state index contributed by atoms with van der Waals surface area (Å²) in [4.78, 5) is 24.9. The lowest BCUT2D eigenvalue weighted by atomic mass is 9.77. The van der Waals surface area contributed by atoms with E-state index in [-0.39, 0.29) is 34.8 Å². The van der Waals surface area contributed by atoms with Crippen molar-refractivity contribution in [3.05, 3.63) is 30.2 Å². The maximum absolute atomic E-state index is 14.6. The quantitative estimate of drug-likeness (QED) is 0.678. The summed E-state index contributed by atoms with van der Waals surface area (Å²) in [6.45, 7) is 12.3. The van der Waals surface area contributed by atoms with E-state index >= 15 is 0 Å². The highest BCUT2D eigenvalue weighted by Crippen LogP contribution is 2.40. The second kappa shape index (κ2) is 8.08. The Hall–Kier alpha value is -2.94. The van der Waals surface area contributed by atoms with E-state index in [1.165, 1.54) is 6.20 Å². The molecule has 3 heterocycles. The van der Waals surface area contributed by atoms with Gasteiger partial charge in [-0.1, -0.05) is 0 Å². The molecule has 0 atom stereocenters. The number of piperidine rings is 1. The summed E-state index contributed by atoms with van der Waals surface area (Å²) in [7, 11) is 3.87. The van der Waals surface area contributed by atoms with Gasteiger partial charge in [0, 0.05) is 35.9 Å². The molecule has 0 spiro atoms. The van der Waals surface area contributed by atoms with Crippen LogP contribution >= 0.6 is 0 Å². The highest BCUT2D eigenvalue weighted by Gasteiger charge is 2.43. The number of ether oxygens (including phenoxy) is 1. The minimum Gasteiger partial charge on any atom is -0.476 e. The average Bonchev–Trinajstić information content (AvgIpc) is 2.72. The molecule has 1 aromatic carbocycles. The topological polar surface area (TPSA) is 82.6 Å². The number of aromatic nitrogens is 2. The van der Waals surface area contributed by atoms with Gasteiger partial charge in [-0.2, -0.15) is 4.98 Å². The molecule has 9 heteroatoms. The van der Waals surface area contributed by atoms with Crippen LogP contribution in [-0.4, -0.2) is 57.6 Å². The molecule has 34 heavy (non-hydrogen) atoms. The summed E-state index contributed by atoms with van der Waals surface area (Å²) < 4.78 is 20.6. The monoisotopic (exact) mass is 470 g/mol. The number of nitrogens with one attached hydrogen (secondary N) is 2. The average molecular weight is 471 g/mol. The molecular formula is C25H35FN6O2. The summed E-state index contributed by atoms with van der Waals surface area (Å²) in [6.07, 6.45) is 2.90. The molecule has 0 saturated carbocycles.